The van der Waals surface area contributed by atoms with Gasteiger partial charge in [-0.2, -0.15) is 0 Å². The summed E-state index contributed by atoms with van der Waals surface area (Å²) in [6, 6.07) is 6.38. The number of halogens is 3. The number of nitrogens with one attached hydrogen (secondary N) is 1. The molecule has 0 aliphatic rings. The Balaban J connectivity index is 2.28. The molecule has 0 saturated carbocycles. The zero-order valence-corrected chi connectivity index (χ0v) is 15.0. The molecular formula is C12H8Br2ClN3O2S. The second-order valence-electron chi connectivity index (χ2n) is 3.87. The number of amidine groups is 1. The molecule has 4 N–H and O–H groups in total. The summed E-state index contributed by atoms with van der Waals surface area (Å²) in [5, 5.41) is 14.6. The number of hydrogen-bond donors (Lipinski definition) is 3. The molecule has 0 spiro atoms. The number of oxime groups is 1. The van der Waals surface area contributed by atoms with E-state index in [0.717, 1.165) is 8.26 Å². The first-order chi connectivity index (χ1) is 9.92. The van der Waals surface area contributed by atoms with Crippen LogP contribution in [0.15, 0.2) is 37.7 Å². The van der Waals surface area contributed by atoms with E-state index >= 15 is 0 Å². The molecule has 1 heterocycles. The minimum atomic E-state index is -0.301. The molecule has 2 rings (SSSR count). The third-order valence-electron chi connectivity index (χ3n) is 2.49. The number of thiophene rings is 1. The van der Waals surface area contributed by atoms with Gasteiger partial charge in [0.25, 0.3) is 5.91 Å². The Kier molecular flexibility index (Phi) is 5.26. The highest BCUT2D eigenvalue weighted by Crippen LogP contribution is 2.33. The SMILES string of the molecule is N/C(=N/O)c1ccc(Cl)c(NC(=O)c2cc(Br)c(Br)s2)c1. The van der Waals surface area contributed by atoms with E-state index in [1.54, 1.807) is 18.2 Å². The highest BCUT2D eigenvalue weighted by atomic mass is 79.9. The molecule has 0 unspecified atom stereocenters. The van der Waals surface area contributed by atoms with Crippen molar-refractivity contribution in [2.45, 2.75) is 0 Å². The van der Waals surface area contributed by atoms with Crippen molar-refractivity contribution in [3.8, 4) is 0 Å². The first-order valence-electron chi connectivity index (χ1n) is 5.46. The van der Waals surface area contributed by atoms with Crippen LogP contribution >= 0.6 is 54.8 Å². The van der Waals surface area contributed by atoms with E-state index in [-0.39, 0.29) is 11.7 Å². The van der Waals surface area contributed by atoms with Gasteiger partial charge in [0.05, 0.1) is 19.4 Å². The van der Waals surface area contributed by atoms with Crippen molar-refractivity contribution in [1.29, 1.82) is 0 Å². The maximum Gasteiger partial charge on any atom is 0.265 e. The predicted molar refractivity (Wildman–Crippen MR) is 91.6 cm³/mol. The van der Waals surface area contributed by atoms with Crippen molar-refractivity contribution in [3.05, 3.63) is 48.0 Å². The van der Waals surface area contributed by atoms with Crippen LogP contribution in [0, 0.1) is 0 Å². The zero-order chi connectivity index (χ0) is 15.6. The standard InChI is InChI=1S/C12H8Br2ClN3O2S/c13-6-4-9(21-10(6)14)12(19)17-8-3-5(11(16)18-20)1-2-7(8)15/h1-4,20H,(H2,16,18)(H,17,19). The summed E-state index contributed by atoms with van der Waals surface area (Å²) in [5.41, 5.74) is 6.34. The summed E-state index contributed by atoms with van der Waals surface area (Å²) in [5.74, 6) is -0.367. The average Bonchev–Trinajstić information content (AvgIpc) is 2.80. The fourth-order valence-electron chi connectivity index (χ4n) is 1.48. The van der Waals surface area contributed by atoms with E-state index < -0.39 is 0 Å². The number of carbonyl (C=O) groups excluding carboxylic acids is 1. The Bertz CT molecular complexity index is 714. The molecule has 0 aliphatic heterocycles. The normalized spacial score (nSPS) is 11.5. The summed E-state index contributed by atoms with van der Waals surface area (Å²) in [4.78, 5) is 12.7. The Hall–Kier alpha value is -1.09. The fourth-order valence-corrected chi connectivity index (χ4v) is 3.58. The van der Waals surface area contributed by atoms with Crippen LogP contribution in [-0.4, -0.2) is 17.0 Å². The van der Waals surface area contributed by atoms with Crippen LogP contribution in [0.1, 0.15) is 15.2 Å². The van der Waals surface area contributed by atoms with E-state index in [1.165, 1.54) is 17.4 Å². The van der Waals surface area contributed by atoms with Gasteiger partial charge in [0, 0.05) is 10.0 Å². The summed E-state index contributed by atoms with van der Waals surface area (Å²) >= 11 is 14.0. The molecule has 0 atom stereocenters. The van der Waals surface area contributed by atoms with Gasteiger partial charge in [0.1, 0.15) is 0 Å². The number of benzene rings is 1. The Morgan fingerprint density at radius 1 is 1.38 bits per heavy atom. The third kappa shape index (κ3) is 3.76. The van der Waals surface area contributed by atoms with Gasteiger partial charge in [-0.15, -0.1) is 11.3 Å². The lowest BCUT2D eigenvalue weighted by atomic mass is 10.2. The lowest BCUT2D eigenvalue weighted by Gasteiger charge is -2.08. The van der Waals surface area contributed by atoms with Crippen LogP contribution in [-0.2, 0) is 0 Å². The average molecular weight is 454 g/mol. The molecule has 9 heteroatoms. The van der Waals surface area contributed by atoms with Crippen molar-refractivity contribution < 1.29 is 10.0 Å². The molecule has 5 nitrogen and oxygen atoms in total. The predicted octanol–water partition coefficient (Wildman–Crippen LogP) is 4.27. The lowest BCUT2D eigenvalue weighted by Crippen LogP contribution is -2.15. The minimum Gasteiger partial charge on any atom is -0.409 e. The summed E-state index contributed by atoms with van der Waals surface area (Å²) < 4.78 is 1.62. The van der Waals surface area contributed by atoms with Gasteiger partial charge in [-0.3, -0.25) is 4.79 Å². The van der Waals surface area contributed by atoms with Gasteiger partial charge in [-0.05, 0) is 56.1 Å². The first kappa shape index (κ1) is 16.3. The molecular weight excluding hydrogens is 445 g/mol. The molecule has 0 saturated heterocycles. The Labute approximate surface area is 146 Å². The molecule has 0 bridgehead atoms. The Morgan fingerprint density at radius 3 is 2.67 bits per heavy atom. The first-order valence-corrected chi connectivity index (χ1v) is 8.24. The van der Waals surface area contributed by atoms with Crippen molar-refractivity contribution in [2.24, 2.45) is 10.9 Å². The highest BCUT2D eigenvalue weighted by Gasteiger charge is 2.14. The van der Waals surface area contributed by atoms with Crippen LogP contribution in [0.25, 0.3) is 0 Å². The fraction of sp³-hybridized carbons (Fsp3) is 0. The van der Waals surface area contributed by atoms with E-state index in [2.05, 4.69) is 42.3 Å². The molecule has 1 aromatic carbocycles. The molecule has 0 fully saturated rings. The van der Waals surface area contributed by atoms with Crippen LogP contribution in [0.2, 0.25) is 5.02 Å². The van der Waals surface area contributed by atoms with Crippen LogP contribution in [0.5, 0.6) is 0 Å². The zero-order valence-electron chi connectivity index (χ0n) is 10.2. The van der Waals surface area contributed by atoms with E-state index in [4.69, 9.17) is 22.5 Å². The number of carbonyl (C=O) groups is 1. The number of hydrogen-bond acceptors (Lipinski definition) is 4. The van der Waals surface area contributed by atoms with Crippen molar-refractivity contribution >= 4 is 72.2 Å². The number of nitrogens with two attached hydrogens (primary N) is 1. The number of amides is 1. The number of anilines is 1. The Morgan fingerprint density at radius 2 is 2.10 bits per heavy atom. The van der Waals surface area contributed by atoms with Gasteiger partial charge in [-0.25, -0.2) is 0 Å². The van der Waals surface area contributed by atoms with Gasteiger partial charge in [0.15, 0.2) is 5.84 Å². The van der Waals surface area contributed by atoms with Gasteiger partial charge < -0.3 is 16.3 Å². The molecule has 0 aliphatic carbocycles. The minimum absolute atomic E-state index is 0.0659. The second kappa shape index (κ2) is 6.78. The molecule has 110 valence electrons. The maximum absolute atomic E-state index is 12.2. The van der Waals surface area contributed by atoms with Gasteiger partial charge in [-0.1, -0.05) is 16.8 Å². The van der Waals surface area contributed by atoms with Gasteiger partial charge in [0.2, 0.25) is 0 Å². The monoisotopic (exact) mass is 451 g/mol. The third-order valence-corrected chi connectivity index (χ3v) is 6.07. The van der Waals surface area contributed by atoms with Crippen molar-refractivity contribution in [2.75, 3.05) is 5.32 Å². The van der Waals surface area contributed by atoms with E-state index in [1.807, 2.05) is 0 Å². The topological polar surface area (TPSA) is 87.7 Å². The molecule has 2 aromatic rings. The maximum atomic E-state index is 12.2. The molecule has 21 heavy (non-hydrogen) atoms. The number of rotatable bonds is 3. The van der Waals surface area contributed by atoms with Crippen molar-refractivity contribution in [3.63, 3.8) is 0 Å². The summed E-state index contributed by atoms with van der Waals surface area (Å²) in [6.07, 6.45) is 0. The smallest absolute Gasteiger partial charge is 0.265 e. The van der Waals surface area contributed by atoms with Crippen LogP contribution in [0.3, 0.4) is 0 Å². The lowest BCUT2D eigenvalue weighted by molar-refractivity contribution is 0.103. The van der Waals surface area contributed by atoms with E-state index in [9.17, 15) is 4.79 Å². The van der Waals surface area contributed by atoms with Crippen LogP contribution in [0.4, 0.5) is 5.69 Å². The van der Waals surface area contributed by atoms with Gasteiger partial charge >= 0.3 is 0 Å². The molecule has 0 radical (unpaired) electrons. The second-order valence-corrected chi connectivity index (χ2v) is 7.50. The van der Waals surface area contributed by atoms with Crippen LogP contribution < -0.4 is 11.1 Å². The number of nitrogens with zero attached hydrogens (tertiary/aromatic N) is 1. The summed E-state index contributed by atoms with van der Waals surface area (Å²) in [6.45, 7) is 0. The largest absolute Gasteiger partial charge is 0.409 e. The molecule has 1 amide bonds. The van der Waals surface area contributed by atoms with Crippen molar-refractivity contribution in [1.82, 2.24) is 0 Å². The molecule has 1 aromatic heterocycles. The summed E-state index contributed by atoms with van der Waals surface area (Å²) in [7, 11) is 0. The quantitative estimate of drug-likeness (QED) is 0.281. The van der Waals surface area contributed by atoms with E-state index in [0.29, 0.717) is 21.2 Å². The highest BCUT2D eigenvalue weighted by molar-refractivity contribution is 9.13.